The molecular weight excluding hydrogens is 291 g/mol. The highest BCUT2D eigenvalue weighted by Gasteiger charge is 2.12. The molecule has 0 aliphatic carbocycles. The number of hydrogen-bond donors (Lipinski definition) is 2. The average molecular weight is 305 g/mol. The predicted octanol–water partition coefficient (Wildman–Crippen LogP) is 2.07. The highest BCUT2D eigenvalue weighted by Crippen LogP contribution is 2.21. The number of carbonyl (C=O) groups is 1. The second kappa shape index (κ2) is 6.56. The van der Waals surface area contributed by atoms with Crippen LogP contribution < -0.4 is 11.5 Å². The molecule has 1 fully saturated rings. The third-order valence-electron chi connectivity index (χ3n) is 2.16. The van der Waals surface area contributed by atoms with Crippen molar-refractivity contribution in [3.05, 3.63) is 28.0 Å². The van der Waals surface area contributed by atoms with Gasteiger partial charge in [0, 0.05) is 23.4 Å². The minimum atomic E-state index is -0.863. The van der Waals surface area contributed by atoms with E-state index in [1.807, 2.05) is 0 Å². The Kier molecular flexibility index (Phi) is 5.37. The molecule has 94 valence electrons. The van der Waals surface area contributed by atoms with E-state index in [0.717, 1.165) is 19.3 Å². The Morgan fingerprint density at radius 3 is 2.29 bits per heavy atom. The molecule has 6 heteroatoms. The zero-order valence-electron chi connectivity index (χ0n) is 9.21. The van der Waals surface area contributed by atoms with Crippen LogP contribution in [0.4, 0.5) is 10.1 Å². The molecule has 0 saturated carbocycles. The maximum Gasteiger partial charge on any atom is 0.253 e. The maximum atomic E-state index is 13.0. The van der Waals surface area contributed by atoms with E-state index in [0.29, 0.717) is 4.47 Å². The first-order valence-corrected chi connectivity index (χ1v) is 5.93. The van der Waals surface area contributed by atoms with Crippen LogP contribution >= 0.6 is 15.9 Å². The summed E-state index contributed by atoms with van der Waals surface area (Å²) in [6, 6.07) is 2.56. The summed E-state index contributed by atoms with van der Waals surface area (Å²) < 4.78 is 18.4. The van der Waals surface area contributed by atoms with Crippen molar-refractivity contribution < 1.29 is 13.9 Å². The van der Waals surface area contributed by atoms with E-state index in [1.54, 1.807) is 0 Å². The Hall–Kier alpha value is -1.14. The van der Waals surface area contributed by atoms with Crippen molar-refractivity contribution in [3.8, 4) is 0 Å². The van der Waals surface area contributed by atoms with Gasteiger partial charge in [-0.05, 0) is 25.0 Å². The van der Waals surface area contributed by atoms with Gasteiger partial charge in [0.25, 0.3) is 5.91 Å². The largest absolute Gasteiger partial charge is 0.398 e. The summed E-state index contributed by atoms with van der Waals surface area (Å²) in [6.07, 6.45) is 2.56. The standard InChI is InChI=1S/C7H6BrFN2O.C4H8O/c8-3-1-4(9)6(7(11)12)5(10)2-3;1-2-4-5-3-1/h1-2H,10H2,(H2,11,12);1-4H2. The fraction of sp³-hybridized carbons (Fsp3) is 0.364. The number of nitrogen functional groups attached to an aromatic ring is 1. The van der Waals surface area contributed by atoms with Gasteiger partial charge in [0.2, 0.25) is 0 Å². The van der Waals surface area contributed by atoms with Crippen LogP contribution in [0.1, 0.15) is 23.2 Å². The van der Waals surface area contributed by atoms with Gasteiger partial charge in [0.1, 0.15) is 5.82 Å². The second-order valence-electron chi connectivity index (χ2n) is 3.54. The Bertz CT molecular complexity index is 378. The Morgan fingerprint density at radius 1 is 1.35 bits per heavy atom. The zero-order chi connectivity index (χ0) is 12.8. The van der Waals surface area contributed by atoms with E-state index in [4.69, 9.17) is 16.2 Å². The SMILES string of the molecule is C1CCOC1.NC(=O)c1c(N)cc(Br)cc1F. The van der Waals surface area contributed by atoms with E-state index < -0.39 is 11.7 Å². The molecule has 0 atom stereocenters. The fourth-order valence-corrected chi connectivity index (χ4v) is 1.81. The van der Waals surface area contributed by atoms with Gasteiger partial charge >= 0.3 is 0 Å². The molecule has 1 aliphatic rings. The summed E-state index contributed by atoms with van der Waals surface area (Å²) in [7, 11) is 0. The number of hydrogen-bond acceptors (Lipinski definition) is 3. The minimum Gasteiger partial charge on any atom is -0.398 e. The molecule has 1 aliphatic heterocycles. The fourth-order valence-electron chi connectivity index (χ4n) is 1.36. The Morgan fingerprint density at radius 2 is 1.94 bits per heavy atom. The highest BCUT2D eigenvalue weighted by atomic mass is 79.9. The van der Waals surface area contributed by atoms with Crippen molar-refractivity contribution in [2.24, 2.45) is 5.73 Å². The van der Waals surface area contributed by atoms with Crippen LogP contribution in [0, 0.1) is 5.82 Å². The first-order valence-electron chi connectivity index (χ1n) is 5.14. The van der Waals surface area contributed by atoms with Crippen molar-refractivity contribution in [3.63, 3.8) is 0 Å². The van der Waals surface area contributed by atoms with Crippen molar-refractivity contribution in [2.45, 2.75) is 12.8 Å². The summed E-state index contributed by atoms with van der Waals surface area (Å²) in [5, 5.41) is 0. The lowest BCUT2D eigenvalue weighted by Crippen LogP contribution is -2.15. The van der Waals surface area contributed by atoms with Crippen molar-refractivity contribution >= 4 is 27.5 Å². The highest BCUT2D eigenvalue weighted by molar-refractivity contribution is 9.10. The van der Waals surface area contributed by atoms with Gasteiger partial charge < -0.3 is 16.2 Å². The Labute approximate surface area is 107 Å². The number of nitrogens with two attached hydrogens (primary N) is 2. The average Bonchev–Trinajstić information content (AvgIpc) is 2.71. The third kappa shape index (κ3) is 4.32. The summed E-state index contributed by atoms with van der Waals surface area (Å²) in [4.78, 5) is 10.6. The van der Waals surface area contributed by atoms with Gasteiger partial charge in [-0.15, -0.1) is 0 Å². The molecule has 0 bridgehead atoms. The van der Waals surface area contributed by atoms with Crippen molar-refractivity contribution in [1.29, 1.82) is 0 Å². The van der Waals surface area contributed by atoms with Crippen LogP contribution in [-0.4, -0.2) is 19.1 Å². The van der Waals surface area contributed by atoms with Crippen LogP contribution in [0.15, 0.2) is 16.6 Å². The van der Waals surface area contributed by atoms with E-state index in [1.165, 1.54) is 18.9 Å². The van der Waals surface area contributed by atoms with E-state index >= 15 is 0 Å². The van der Waals surface area contributed by atoms with Gasteiger partial charge in [0.15, 0.2) is 0 Å². The molecule has 4 nitrogen and oxygen atoms in total. The van der Waals surface area contributed by atoms with Crippen molar-refractivity contribution in [2.75, 3.05) is 18.9 Å². The van der Waals surface area contributed by atoms with Crippen LogP contribution in [0.2, 0.25) is 0 Å². The molecule has 0 aromatic heterocycles. The van der Waals surface area contributed by atoms with Crippen LogP contribution in [-0.2, 0) is 4.74 Å². The normalized spacial score (nSPS) is 14.0. The molecule has 2 rings (SSSR count). The van der Waals surface area contributed by atoms with Crippen LogP contribution in [0.5, 0.6) is 0 Å². The maximum absolute atomic E-state index is 13.0. The summed E-state index contributed by atoms with van der Waals surface area (Å²) >= 11 is 3.02. The molecule has 0 unspecified atom stereocenters. The lowest BCUT2D eigenvalue weighted by molar-refractivity contribution is 0.0997. The topological polar surface area (TPSA) is 78.3 Å². The van der Waals surface area contributed by atoms with Gasteiger partial charge in [-0.3, -0.25) is 4.79 Å². The molecule has 0 spiro atoms. The zero-order valence-corrected chi connectivity index (χ0v) is 10.8. The number of halogens is 2. The monoisotopic (exact) mass is 304 g/mol. The van der Waals surface area contributed by atoms with Gasteiger partial charge in [-0.1, -0.05) is 15.9 Å². The molecular formula is C11H14BrFN2O2. The molecule has 1 aromatic carbocycles. The number of benzene rings is 1. The summed E-state index contributed by atoms with van der Waals surface area (Å²) in [6.45, 7) is 2.00. The number of amides is 1. The number of ether oxygens (including phenoxy) is 1. The number of carbonyl (C=O) groups excluding carboxylic acids is 1. The minimum absolute atomic E-state index is 0.0365. The van der Waals surface area contributed by atoms with E-state index in [2.05, 4.69) is 15.9 Å². The van der Waals surface area contributed by atoms with Gasteiger partial charge in [-0.2, -0.15) is 0 Å². The quantitative estimate of drug-likeness (QED) is 0.780. The van der Waals surface area contributed by atoms with Crippen molar-refractivity contribution in [1.82, 2.24) is 0 Å². The molecule has 1 heterocycles. The lowest BCUT2D eigenvalue weighted by atomic mass is 10.1. The third-order valence-corrected chi connectivity index (χ3v) is 2.62. The first-order chi connectivity index (χ1) is 8.02. The van der Waals surface area contributed by atoms with Crippen LogP contribution in [0.25, 0.3) is 0 Å². The predicted molar refractivity (Wildman–Crippen MR) is 67.1 cm³/mol. The molecule has 1 aromatic rings. The first kappa shape index (κ1) is 13.9. The van der Waals surface area contributed by atoms with Crippen LogP contribution in [0.3, 0.4) is 0 Å². The number of anilines is 1. The summed E-state index contributed by atoms with van der Waals surface area (Å²) in [5.74, 6) is -1.58. The van der Waals surface area contributed by atoms with Gasteiger partial charge in [0.05, 0.1) is 5.56 Å². The number of primary amides is 1. The molecule has 1 saturated heterocycles. The molecule has 17 heavy (non-hydrogen) atoms. The summed E-state index contributed by atoms with van der Waals surface area (Å²) in [5.41, 5.74) is 10.0. The smallest absolute Gasteiger partial charge is 0.253 e. The second-order valence-corrected chi connectivity index (χ2v) is 4.45. The number of rotatable bonds is 1. The van der Waals surface area contributed by atoms with E-state index in [-0.39, 0.29) is 11.3 Å². The Balaban J connectivity index is 0.000000239. The van der Waals surface area contributed by atoms with E-state index in [9.17, 15) is 9.18 Å². The molecule has 1 amide bonds. The lowest BCUT2D eigenvalue weighted by Gasteiger charge is -2.02. The van der Waals surface area contributed by atoms with Gasteiger partial charge in [-0.25, -0.2) is 4.39 Å². The molecule has 0 radical (unpaired) electrons. The molecule has 4 N–H and O–H groups in total.